The number of hydrogen-bond acceptors (Lipinski definition) is 5. The molecule has 0 atom stereocenters. The van der Waals surface area contributed by atoms with E-state index in [0.29, 0.717) is 24.5 Å². The fraction of sp³-hybridized carbons (Fsp3) is 0.462. The van der Waals surface area contributed by atoms with Crippen LogP contribution in [0.2, 0.25) is 0 Å². The van der Waals surface area contributed by atoms with Crippen molar-refractivity contribution in [3.63, 3.8) is 0 Å². The van der Waals surface area contributed by atoms with Crippen LogP contribution in [-0.2, 0) is 14.8 Å². The smallest absolute Gasteiger partial charge is 0.241 e. The summed E-state index contributed by atoms with van der Waals surface area (Å²) in [5.41, 5.74) is 6.55. The van der Waals surface area contributed by atoms with Crippen LogP contribution >= 0.6 is 0 Å². The molecule has 1 amide bonds. The monoisotopic (exact) mass is 497 g/mol. The zero-order valence-electron chi connectivity index (χ0n) is 21.2. The van der Waals surface area contributed by atoms with Gasteiger partial charge in [0.15, 0.2) is 0 Å². The lowest BCUT2D eigenvalue weighted by Gasteiger charge is -2.22. The van der Waals surface area contributed by atoms with Crippen LogP contribution < -0.4 is 9.62 Å². The molecule has 3 aromatic rings. The van der Waals surface area contributed by atoms with Gasteiger partial charge in [-0.2, -0.15) is 0 Å². The van der Waals surface area contributed by atoms with Crippen molar-refractivity contribution in [2.45, 2.75) is 52.4 Å². The molecule has 0 aliphatic carbocycles. The topological polar surface area (TPSA) is 98.4 Å². The molecule has 0 radical (unpaired) electrons. The minimum atomic E-state index is -3.72. The van der Waals surface area contributed by atoms with E-state index in [0.717, 1.165) is 57.8 Å². The standard InChI is InChI=1S/C26H35N5O3S/c1-17-18(2)20(4)25(21(5)19(17)3)35(33,34)27-12-11-24(32)30-13-8-14-31(16-15-30)26-28-22-9-6-7-10-23(22)29-26/h6-7,9-10,27H,8,11-16H2,1-5H3,(H,28,29). The van der Waals surface area contributed by atoms with Crippen LogP contribution in [0, 0.1) is 34.6 Å². The fourth-order valence-corrected chi connectivity index (χ4v) is 6.49. The minimum absolute atomic E-state index is 0.0381. The number of H-pyrrole nitrogens is 1. The first kappa shape index (κ1) is 25.2. The van der Waals surface area contributed by atoms with Crippen molar-refractivity contribution in [2.24, 2.45) is 0 Å². The summed E-state index contributed by atoms with van der Waals surface area (Å²) >= 11 is 0. The van der Waals surface area contributed by atoms with E-state index in [1.165, 1.54) is 0 Å². The van der Waals surface area contributed by atoms with Crippen molar-refractivity contribution < 1.29 is 13.2 Å². The highest BCUT2D eigenvalue weighted by atomic mass is 32.2. The number of carbonyl (C=O) groups excluding carboxylic acids is 1. The van der Waals surface area contributed by atoms with Gasteiger partial charge in [-0.25, -0.2) is 18.1 Å². The number of aromatic nitrogens is 2. The summed E-state index contributed by atoms with van der Waals surface area (Å²) in [7, 11) is -3.72. The average Bonchev–Trinajstić information content (AvgIpc) is 3.10. The maximum absolute atomic E-state index is 13.1. The first-order chi connectivity index (χ1) is 16.6. The highest BCUT2D eigenvalue weighted by Gasteiger charge is 2.25. The molecule has 1 aliphatic rings. The molecule has 35 heavy (non-hydrogen) atoms. The predicted molar refractivity (Wildman–Crippen MR) is 139 cm³/mol. The zero-order valence-corrected chi connectivity index (χ0v) is 22.1. The van der Waals surface area contributed by atoms with E-state index in [1.54, 1.807) is 0 Å². The summed E-state index contributed by atoms with van der Waals surface area (Å²) < 4.78 is 28.9. The van der Waals surface area contributed by atoms with E-state index in [1.807, 2.05) is 63.8 Å². The van der Waals surface area contributed by atoms with Crippen LogP contribution in [0.3, 0.4) is 0 Å². The molecule has 2 N–H and O–H groups in total. The maximum atomic E-state index is 13.1. The average molecular weight is 498 g/mol. The Bertz CT molecular complexity index is 1300. The van der Waals surface area contributed by atoms with Gasteiger partial charge in [0.2, 0.25) is 21.9 Å². The Labute approximate surface area is 207 Å². The molecule has 2 aromatic carbocycles. The van der Waals surface area contributed by atoms with Gasteiger partial charge in [-0.3, -0.25) is 4.79 Å². The van der Waals surface area contributed by atoms with Crippen LogP contribution in [0.25, 0.3) is 11.0 Å². The first-order valence-electron chi connectivity index (χ1n) is 12.1. The van der Waals surface area contributed by atoms with Gasteiger partial charge >= 0.3 is 0 Å². The van der Waals surface area contributed by atoms with E-state index >= 15 is 0 Å². The fourth-order valence-electron chi connectivity index (χ4n) is 4.86. The van der Waals surface area contributed by atoms with Crippen molar-refractivity contribution in [3.05, 3.63) is 52.1 Å². The SMILES string of the molecule is Cc1c(C)c(C)c(S(=O)(=O)NCCC(=O)N2CCCN(c3nc4ccccc4[nH]3)CC2)c(C)c1C. The van der Waals surface area contributed by atoms with E-state index < -0.39 is 10.0 Å². The number of para-hydroxylation sites is 2. The van der Waals surface area contributed by atoms with E-state index in [9.17, 15) is 13.2 Å². The van der Waals surface area contributed by atoms with Crippen molar-refractivity contribution >= 4 is 32.9 Å². The Morgan fingerprint density at radius 3 is 2.29 bits per heavy atom. The third-order valence-corrected chi connectivity index (χ3v) is 9.09. The molecule has 8 nitrogen and oxygen atoms in total. The van der Waals surface area contributed by atoms with Gasteiger partial charge < -0.3 is 14.8 Å². The van der Waals surface area contributed by atoms with Gasteiger partial charge in [0.25, 0.3) is 0 Å². The van der Waals surface area contributed by atoms with E-state index in [2.05, 4.69) is 19.6 Å². The summed E-state index contributed by atoms with van der Waals surface area (Å²) in [6.45, 7) is 12.4. The van der Waals surface area contributed by atoms with Crippen LogP contribution in [0.4, 0.5) is 5.95 Å². The number of sulfonamides is 1. The Kier molecular flexibility index (Phi) is 7.19. The van der Waals surface area contributed by atoms with Crippen LogP contribution in [-0.4, -0.2) is 61.9 Å². The van der Waals surface area contributed by atoms with Crippen molar-refractivity contribution in [1.82, 2.24) is 19.6 Å². The summed E-state index contributed by atoms with van der Waals surface area (Å²) in [5, 5.41) is 0. The second-order valence-electron chi connectivity index (χ2n) is 9.40. The molecule has 1 aliphatic heterocycles. The number of nitrogens with zero attached hydrogens (tertiary/aromatic N) is 3. The summed E-state index contributed by atoms with van der Waals surface area (Å²) in [5.74, 6) is 0.784. The van der Waals surface area contributed by atoms with Gasteiger partial charge in [0.05, 0.1) is 15.9 Å². The second kappa shape index (κ2) is 9.99. The predicted octanol–water partition coefficient (Wildman–Crippen LogP) is 3.51. The highest BCUT2D eigenvalue weighted by Crippen LogP contribution is 2.29. The second-order valence-corrected chi connectivity index (χ2v) is 11.1. The molecule has 188 valence electrons. The molecular weight excluding hydrogens is 462 g/mol. The molecule has 0 bridgehead atoms. The number of imidazole rings is 1. The molecule has 0 saturated carbocycles. The van der Waals surface area contributed by atoms with Gasteiger partial charge in [0, 0.05) is 39.1 Å². The van der Waals surface area contributed by atoms with Crippen LogP contribution in [0.5, 0.6) is 0 Å². The third kappa shape index (κ3) is 5.06. The molecular formula is C26H35N5O3S. The number of nitrogens with one attached hydrogen (secondary N) is 2. The molecule has 1 fully saturated rings. The number of fused-ring (bicyclic) bond motifs is 1. The van der Waals surface area contributed by atoms with E-state index in [4.69, 9.17) is 0 Å². The van der Waals surface area contributed by atoms with Gasteiger partial charge in [0.1, 0.15) is 0 Å². The quantitative estimate of drug-likeness (QED) is 0.543. The normalized spacial score (nSPS) is 15.0. The lowest BCUT2D eigenvalue weighted by molar-refractivity contribution is -0.130. The van der Waals surface area contributed by atoms with Gasteiger partial charge in [-0.1, -0.05) is 12.1 Å². The highest BCUT2D eigenvalue weighted by molar-refractivity contribution is 7.89. The van der Waals surface area contributed by atoms with Gasteiger partial charge in [-0.05, 0) is 81.0 Å². The lowest BCUT2D eigenvalue weighted by atomic mass is 9.95. The van der Waals surface area contributed by atoms with Crippen molar-refractivity contribution in [1.29, 1.82) is 0 Å². The van der Waals surface area contributed by atoms with Gasteiger partial charge in [-0.15, -0.1) is 0 Å². The minimum Gasteiger partial charge on any atom is -0.341 e. The lowest BCUT2D eigenvalue weighted by Crippen LogP contribution is -2.37. The molecule has 4 rings (SSSR count). The molecule has 0 spiro atoms. The largest absolute Gasteiger partial charge is 0.341 e. The third-order valence-electron chi connectivity index (χ3n) is 7.36. The van der Waals surface area contributed by atoms with Crippen molar-refractivity contribution in [2.75, 3.05) is 37.6 Å². The number of carbonyl (C=O) groups is 1. The van der Waals surface area contributed by atoms with Crippen LogP contribution in [0.1, 0.15) is 40.7 Å². The molecule has 1 aromatic heterocycles. The molecule has 2 heterocycles. The number of anilines is 1. The van der Waals surface area contributed by atoms with E-state index in [-0.39, 0.29) is 18.9 Å². The number of aromatic amines is 1. The Morgan fingerprint density at radius 1 is 0.943 bits per heavy atom. The Morgan fingerprint density at radius 2 is 1.60 bits per heavy atom. The zero-order chi connectivity index (χ0) is 25.3. The van der Waals surface area contributed by atoms with Crippen LogP contribution in [0.15, 0.2) is 29.2 Å². The number of benzene rings is 2. The molecule has 0 unspecified atom stereocenters. The Balaban J connectivity index is 1.36. The Hall–Kier alpha value is -2.91. The summed E-state index contributed by atoms with van der Waals surface area (Å²) in [4.78, 5) is 25.3. The molecule has 9 heteroatoms. The number of amides is 1. The summed E-state index contributed by atoms with van der Waals surface area (Å²) in [6.07, 6.45) is 0.959. The number of rotatable bonds is 6. The number of hydrogen-bond donors (Lipinski definition) is 2. The first-order valence-corrected chi connectivity index (χ1v) is 13.6. The van der Waals surface area contributed by atoms with Crippen molar-refractivity contribution in [3.8, 4) is 0 Å². The maximum Gasteiger partial charge on any atom is 0.241 e. The molecule has 1 saturated heterocycles. The summed E-state index contributed by atoms with van der Waals surface area (Å²) in [6, 6.07) is 7.92.